The van der Waals surface area contributed by atoms with E-state index in [1.807, 2.05) is 13.8 Å². The first-order valence-corrected chi connectivity index (χ1v) is 12.5. The SMILES string of the molecule is CNC(C)C1CCC2C3CC=C4C(=O)C(NC(=O)C=C(C)C)CCC4(C)C3CCC12C. The molecule has 172 valence electrons. The van der Waals surface area contributed by atoms with Crippen molar-refractivity contribution in [3.63, 3.8) is 0 Å². The Morgan fingerprint density at radius 1 is 1.13 bits per heavy atom. The van der Waals surface area contributed by atoms with E-state index in [2.05, 4.69) is 44.5 Å². The van der Waals surface area contributed by atoms with Gasteiger partial charge in [0.15, 0.2) is 5.78 Å². The van der Waals surface area contributed by atoms with Gasteiger partial charge < -0.3 is 10.6 Å². The molecule has 3 saturated carbocycles. The Balaban J connectivity index is 1.56. The number of nitrogens with one attached hydrogen (secondary N) is 2. The molecular formula is C27H42N2O2. The first-order chi connectivity index (χ1) is 14.6. The van der Waals surface area contributed by atoms with Crippen LogP contribution in [-0.4, -0.2) is 30.8 Å². The third kappa shape index (κ3) is 3.63. The molecule has 0 aromatic heterocycles. The maximum atomic E-state index is 13.4. The Labute approximate surface area is 188 Å². The maximum absolute atomic E-state index is 13.4. The van der Waals surface area contributed by atoms with Crippen molar-refractivity contribution in [1.29, 1.82) is 0 Å². The summed E-state index contributed by atoms with van der Waals surface area (Å²) in [5.74, 6) is 2.86. The van der Waals surface area contributed by atoms with Gasteiger partial charge in [0, 0.05) is 12.1 Å². The zero-order valence-corrected chi connectivity index (χ0v) is 20.4. The first kappa shape index (κ1) is 22.8. The van der Waals surface area contributed by atoms with Crippen LogP contribution in [0.2, 0.25) is 0 Å². The zero-order valence-electron chi connectivity index (χ0n) is 20.4. The van der Waals surface area contributed by atoms with Crippen molar-refractivity contribution < 1.29 is 9.59 Å². The van der Waals surface area contributed by atoms with Crippen LogP contribution < -0.4 is 10.6 Å². The molecule has 0 bridgehead atoms. The first-order valence-electron chi connectivity index (χ1n) is 12.5. The van der Waals surface area contributed by atoms with Gasteiger partial charge in [-0.15, -0.1) is 0 Å². The topological polar surface area (TPSA) is 58.2 Å². The molecule has 0 aliphatic heterocycles. The van der Waals surface area contributed by atoms with Crippen molar-refractivity contribution in [2.75, 3.05) is 7.05 Å². The number of hydrogen-bond acceptors (Lipinski definition) is 3. The number of carbonyl (C=O) groups is 2. The van der Waals surface area contributed by atoms with Gasteiger partial charge in [-0.25, -0.2) is 0 Å². The van der Waals surface area contributed by atoms with E-state index >= 15 is 0 Å². The molecule has 0 aromatic carbocycles. The summed E-state index contributed by atoms with van der Waals surface area (Å²) >= 11 is 0. The summed E-state index contributed by atoms with van der Waals surface area (Å²) in [6.45, 7) is 11.1. The number of ketones is 1. The summed E-state index contributed by atoms with van der Waals surface area (Å²) < 4.78 is 0. The molecule has 0 saturated heterocycles. The van der Waals surface area contributed by atoms with Gasteiger partial charge in [-0.2, -0.15) is 0 Å². The van der Waals surface area contributed by atoms with Crippen LogP contribution in [0.5, 0.6) is 0 Å². The number of allylic oxidation sites excluding steroid dienone is 2. The predicted octanol–water partition coefficient (Wildman–Crippen LogP) is 4.80. The van der Waals surface area contributed by atoms with E-state index in [0.717, 1.165) is 42.2 Å². The molecule has 31 heavy (non-hydrogen) atoms. The summed E-state index contributed by atoms with van der Waals surface area (Å²) in [5, 5.41) is 6.51. The molecule has 4 rings (SSSR count). The molecular weight excluding hydrogens is 384 g/mol. The van der Waals surface area contributed by atoms with Crippen LogP contribution in [0.15, 0.2) is 23.3 Å². The van der Waals surface area contributed by atoms with Gasteiger partial charge in [-0.05, 0) is 113 Å². The van der Waals surface area contributed by atoms with E-state index in [1.165, 1.54) is 25.7 Å². The molecule has 4 nitrogen and oxygen atoms in total. The Bertz CT molecular complexity index is 810. The average molecular weight is 427 g/mol. The smallest absolute Gasteiger partial charge is 0.244 e. The summed E-state index contributed by atoms with van der Waals surface area (Å²) in [7, 11) is 2.10. The van der Waals surface area contributed by atoms with E-state index in [0.29, 0.717) is 23.3 Å². The molecule has 1 amide bonds. The Morgan fingerprint density at radius 2 is 1.87 bits per heavy atom. The summed E-state index contributed by atoms with van der Waals surface area (Å²) in [4.78, 5) is 25.7. The minimum absolute atomic E-state index is 0.0220. The van der Waals surface area contributed by atoms with Gasteiger partial charge in [0.1, 0.15) is 0 Å². The van der Waals surface area contributed by atoms with Crippen LogP contribution in [0.4, 0.5) is 0 Å². The van der Waals surface area contributed by atoms with Crippen LogP contribution in [0.1, 0.15) is 79.6 Å². The third-order valence-electron chi connectivity index (χ3n) is 9.87. The third-order valence-corrected chi connectivity index (χ3v) is 9.87. The molecule has 0 heterocycles. The second kappa shape index (κ2) is 8.17. The second-order valence-corrected chi connectivity index (χ2v) is 11.6. The summed E-state index contributed by atoms with van der Waals surface area (Å²) in [5.41, 5.74) is 2.37. The molecule has 4 aliphatic carbocycles. The Hall–Kier alpha value is -1.42. The maximum Gasteiger partial charge on any atom is 0.244 e. The second-order valence-electron chi connectivity index (χ2n) is 11.6. The van der Waals surface area contributed by atoms with Gasteiger partial charge in [-0.3, -0.25) is 9.59 Å². The highest BCUT2D eigenvalue weighted by Crippen LogP contribution is 2.66. The monoisotopic (exact) mass is 426 g/mol. The summed E-state index contributed by atoms with van der Waals surface area (Å²) in [6, 6.07) is 0.207. The van der Waals surface area contributed by atoms with Crippen molar-refractivity contribution in [1.82, 2.24) is 10.6 Å². The quantitative estimate of drug-likeness (QED) is 0.635. The Morgan fingerprint density at radius 3 is 2.55 bits per heavy atom. The highest BCUT2D eigenvalue weighted by Gasteiger charge is 2.60. The standard InChI is InChI=1S/C27H42N2O2/c1-16(2)15-24(30)29-23-12-14-27(5)21-11-13-26(4)19(17(3)28-6)9-10-20(26)18(21)7-8-22(27)25(23)31/h8,15,17-21,23,28H,7,9-14H2,1-6H3,(H,29,30). The highest BCUT2D eigenvalue weighted by atomic mass is 16.2. The number of amides is 1. The normalized spacial score (nSPS) is 42.6. The van der Waals surface area contributed by atoms with E-state index in [9.17, 15) is 9.59 Å². The van der Waals surface area contributed by atoms with Gasteiger partial charge in [0.05, 0.1) is 6.04 Å². The fraction of sp³-hybridized carbons (Fsp3) is 0.778. The van der Waals surface area contributed by atoms with Gasteiger partial charge in [-0.1, -0.05) is 25.5 Å². The number of fused-ring (bicyclic) bond motifs is 5. The van der Waals surface area contributed by atoms with E-state index < -0.39 is 0 Å². The van der Waals surface area contributed by atoms with Crippen molar-refractivity contribution in [2.45, 2.75) is 91.6 Å². The van der Waals surface area contributed by atoms with Crippen LogP contribution in [-0.2, 0) is 9.59 Å². The number of Topliss-reactive ketones (excluding diaryl/α,β-unsaturated/α-hetero) is 1. The molecule has 0 spiro atoms. The van der Waals surface area contributed by atoms with Crippen LogP contribution in [0, 0.1) is 34.5 Å². The lowest BCUT2D eigenvalue weighted by molar-refractivity contribution is -0.128. The van der Waals surface area contributed by atoms with Crippen LogP contribution >= 0.6 is 0 Å². The molecule has 8 unspecified atom stereocenters. The summed E-state index contributed by atoms with van der Waals surface area (Å²) in [6.07, 6.45) is 11.9. The van der Waals surface area contributed by atoms with E-state index in [-0.39, 0.29) is 23.1 Å². The van der Waals surface area contributed by atoms with Crippen molar-refractivity contribution in [3.05, 3.63) is 23.3 Å². The molecule has 2 N–H and O–H groups in total. The lowest BCUT2D eigenvalue weighted by atomic mass is 9.47. The van der Waals surface area contributed by atoms with Gasteiger partial charge in [0.2, 0.25) is 5.91 Å². The molecule has 8 atom stereocenters. The lowest BCUT2D eigenvalue weighted by Crippen LogP contribution is -2.55. The minimum atomic E-state index is -0.361. The molecule has 4 aliphatic rings. The zero-order chi connectivity index (χ0) is 22.6. The van der Waals surface area contributed by atoms with Crippen LogP contribution in [0.25, 0.3) is 0 Å². The van der Waals surface area contributed by atoms with Crippen LogP contribution in [0.3, 0.4) is 0 Å². The predicted molar refractivity (Wildman–Crippen MR) is 125 cm³/mol. The van der Waals surface area contributed by atoms with Gasteiger partial charge >= 0.3 is 0 Å². The molecule has 0 radical (unpaired) electrons. The molecule has 3 fully saturated rings. The van der Waals surface area contributed by atoms with Gasteiger partial charge in [0.25, 0.3) is 0 Å². The van der Waals surface area contributed by atoms with E-state index in [1.54, 1.807) is 6.08 Å². The van der Waals surface area contributed by atoms with Crippen molar-refractivity contribution in [2.24, 2.45) is 34.5 Å². The fourth-order valence-electron chi connectivity index (χ4n) is 8.24. The number of hydrogen-bond donors (Lipinski definition) is 2. The van der Waals surface area contributed by atoms with Crippen molar-refractivity contribution >= 4 is 11.7 Å². The average Bonchev–Trinajstić information content (AvgIpc) is 3.06. The molecule has 0 aromatic rings. The largest absolute Gasteiger partial charge is 0.342 e. The highest BCUT2D eigenvalue weighted by molar-refractivity contribution is 6.04. The number of rotatable bonds is 4. The lowest BCUT2D eigenvalue weighted by Gasteiger charge is -2.58. The van der Waals surface area contributed by atoms with Crippen molar-refractivity contribution in [3.8, 4) is 0 Å². The number of carbonyl (C=O) groups excluding carboxylic acids is 2. The minimum Gasteiger partial charge on any atom is -0.342 e. The van der Waals surface area contributed by atoms with E-state index in [4.69, 9.17) is 0 Å². The molecule has 4 heteroatoms. The fourth-order valence-corrected chi connectivity index (χ4v) is 8.24. The Kier molecular flexibility index (Phi) is 6.00.